The fraction of sp³-hybridized carbons (Fsp3) is 0. The molecule has 1 rings (SSSR count). The van der Waals surface area contributed by atoms with Gasteiger partial charge in [0.1, 0.15) is 30.4 Å². The predicted molar refractivity (Wildman–Crippen MR) is 57.6 cm³/mol. The Morgan fingerprint density at radius 3 is 1.14 bits per heavy atom. The molecule has 0 radical (unpaired) electrons. The molecule has 0 aliphatic heterocycles. The van der Waals surface area contributed by atoms with E-state index in [1.165, 1.54) is 0 Å². The molecule has 0 N–H and O–H groups in total. The van der Waals surface area contributed by atoms with E-state index in [2.05, 4.69) is 12.6 Å². The molecular weight excluding hydrogens is 413 g/mol. The van der Waals surface area contributed by atoms with E-state index in [1.807, 2.05) is 0 Å². The van der Waals surface area contributed by atoms with Gasteiger partial charge in [0.2, 0.25) is 0 Å². The zero-order chi connectivity index (χ0) is 15.2. The molecule has 0 fully saturated rings. The monoisotopic (exact) mass is 416 g/mol. The van der Waals surface area contributed by atoms with Crippen molar-refractivity contribution in [1.82, 2.24) is 0 Å². The summed E-state index contributed by atoms with van der Waals surface area (Å²) in [4.78, 5) is -5.16. The minimum absolute atomic E-state index is 0. The van der Waals surface area contributed by atoms with Crippen molar-refractivity contribution >= 4 is 43.0 Å². The summed E-state index contributed by atoms with van der Waals surface area (Å²) >= 11 is 3.39. The summed E-state index contributed by atoms with van der Waals surface area (Å²) in [7, 11) is -15.9. The molecule has 0 unspecified atom stereocenters. The van der Waals surface area contributed by atoms with E-state index in [9.17, 15) is 38.9 Å². The van der Waals surface area contributed by atoms with Crippen molar-refractivity contribution in [2.75, 3.05) is 0 Å². The van der Waals surface area contributed by atoms with Crippen molar-refractivity contribution in [2.24, 2.45) is 0 Å². The summed E-state index contributed by atoms with van der Waals surface area (Å²) in [5, 5.41) is 0. The maximum Gasteiger partial charge on any atom is 1.00 e. The topological polar surface area (TPSA) is 172 Å². The summed E-state index contributed by atoms with van der Waals surface area (Å²) in [6.07, 6.45) is 0. The Morgan fingerprint density at radius 2 is 0.955 bits per heavy atom. The van der Waals surface area contributed by atoms with Gasteiger partial charge in [0.15, 0.2) is 0 Å². The molecule has 0 amide bonds. The number of benzene rings is 1. The van der Waals surface area contributed by atoms with Crippen LogP contribution in [0.1, 0.15) is 0 Å². The number of thiol groups is 1. The van der Waals surface area contributed by atoms with Crippen LogP contribution in [0.3, 0.4) is 0 Å². The Morgan fingerprint density at radius 1 is 0.682 bits per heavy atom. The molecule has 0 aromatic heterocycles. The molecule has 0 atom stereocenters. The quantitative estimate of drug-likeness (QED) is 0.285. The smallest absolute Gasteiger partial charge is 0.744 e. The van der Waals surface area contributed by atoms with Crippen LogP contribution in [0.15, 0.2) is 31.7 Å². The van der Waals surface area contributed by atoms with Crippen molar-refractivity contribution < 1.29 is 128 Å². The maximum absolute atomic E-state index is 10.8. The molecule has 0 heterocycles. The summed E-state index contributed by atoms with van der Waals surface area (Å²) in [5.41, 5.74) is 0. The molecule has 0 aliphatic carbocycles. The normalized spacial score (nSPS) is 11.6. The van der Waals surface area contributed by atoms with Gasteiger partial charge in [-0.05, 0) is 12.1 Å². The Bertz CT molecular complexity index is 790. The summed E-state index contributed by atoms with van der Waals surface area (Å²) in [6, 6.07) is 0.281. The molecule has 1 aromatic rings. The molecule has 0 spiro atoms. The van der Waals surface area contributed by atoms with Crippen LogP contribution in [-0.4, -0.2) is 38.9 Å². The number of rotatable bonds is 3. The Kier molecular flexibility index (Phi) is 13.0. The van der Waals surface area contributed by atoms with E-state index in [-0.39, 0.29) is 101 Å². The third-order valence-corrected chi connectivity index (χ3v) is 5.16. The minimum Gasteiger partial charge on any atom is -0.744 e. The zero-order valence-electron chi connectivity index (χ0n) is 11.5. The zero-order valence-corrected chi connectivity index (χ0v) is 20.8. The van der Waals surface area contributed by atoms with Gasteiger partial charge in [0, 0.05) is 4.90 Å². The molecule has 0 saturated carbocycles. The van der Waals surface area contributed by atoms with Crippen molar-refractivity contribution in [2.45, 2.75) is 19.6 Å². The van der Waals surface area contributed by atoms with Gasteiger partial charge in [-0.25, -0.2) is 25.3 Å². The fourth-order valence-corrected chi connectivity index (χ4v) is 3.86. The van der Waals surface area contributed by atoms with E-state index < -0.39 is 49.9 Å². The van der Waals surface area contributed by atoms with Gasteiger partial charge in [-0.3, -0.25) is 0 Å². The first-order valence-electron chi connectivity index (χ1n) is 3.99. The second kappa shape index (κ2) is 9.85. The third-order valence-electron chi connectivity index (χ3n) is 1.84. The van der Waals surface area contributed by atoms with Gasteiger partial charge in [-0.1, -0.05) is 0 Å². The summed E-state index contributed by atoms with van der Waals surface area (Å²) in [6.45, 7) is 0. The Hall–Kier alpha value is 2.30. The van der Waals surface area contributed by atoms with E-state index >= 15 is 0 Å². The number of hydrogen-bond donors (Lipinski definition) is 1. The first-order valence-corrected chi connectivity index (χ1v) is 8.66. The van der Waals surface area contributed by atoms with E-state index in [4.69, 9.17) is 0 Å². The first-order chi connectivity index (χ1) is 8.24. The molecule has 9 nitrogen and oxygen atoms in total. The van der Waals surface area contributed by atoms with Gasteiger partial charge in [0.05, 0.1) is 14.7 Å². The molecule has 108 valence electrons. The standard InChI is InChI=1S/C6H6O9S4.3Na/c7-17(8,9)3-1-4(18(10,11)12)6(16)5(2-3)19(13,14)15;;;/h1-2,16H,(H,7,8,9)(H,10,11,12)(H,13,14,15);;;/q;3*+1/p-3. The SMILES string of the molecule is O=S(=O)([O-])c1cc(S(=O)(=O)[O-])c(S)c(S(=O)(=O)[O-])c1.[Na+].[Na+].[Na+]. The van der Waals surface area contributed by atoms with E-state index in [0.717, 1.165) is 0 Å². The van der Waals surface area contributed by atoms with Crippen molar-refractivity contribution in [3.63, 3.8) is 0 Å². The van der Waals surface area contributed by atoms with Crippen LogP contribution in [0.25, 0.3) is 0 Å². The van der Waals surface area contributed by atoms with Gasteiger partial charge in [-0.2, -0.15) is 0 Å². The fourth-order valence-electron chi connectivity index (χ4n) is 1.08. The third kappa shape index (κ3) is 7.68. The molecule has 16 heteroatoms. The second-order valence-electron chi connectivity index (χ2n) is 3.13. The van der Waals surface area contributed by atoms with Crippen molar-refractivity contribution in [1.29, 1.82) is 0 Å². The van der Waals surface area contributed by atoms with Crippen molar-refractivity contribution in [3.05, 3.63) is 12.1 Å². The van der Waals surface area contributed by atoms with Crippen LogP contribution in [0.5, 0.6) is 0 Å². The molecule has 0 aliphatic rings. The molecular formula is C6H3Na3O9S4. The summed E-state index contributed by atoms with van der Waals surface area (Å²) < 4.78 is 97.1. The second-order valence-corrected chi connectivity index (χ2v) is 7.65. The van der Waals surface area contributed by atoms with Crippen LogP contribution < -0.4 is 88.7 Å². The first kappa shape index (κ1) is 29.1. The predicted octanol–water partition coefficient (Wildman–Crippen LogP) is -10.3. The molecule has 0 bridgehead atoms. The van der Waals surface area contributed by atoms with Crippen LogP contribution in [-0.2, 0) is 30.4 Å². The molecule has 1 aromatic carbocycles. The van der Waals surface area contributed by atoms with Crippen LogP contribution in [0, 0.1) is 0 Å². The average molecular weight is 416 g/mol. The van der Waals surface area contributed by atoms with Gasteiger partial charge < -0.3 is 13.7 Å². The number of hydrogen-bond acceptors (Lipinski definition) is 10. The van der Waals surface area contributed by atoms with Gasteiger partial charge >= 0.3 is 88.7 Å². The maximum atomic E-state index is 10.8. The van der Waals surface area contributed by atoms with Crippen LogP contribution >= 0.6 is 12.6 Å². The van der Waals surface area contributed by atoms with Crippen molar-refractivity contribution in [3.8, 4) is 0 Å². The summed E-state index contributed by atoms with van der Waals surface area (Å²) in [5.74, 6) is 0. The average Bonchev–Trinajstić information content (AvgIpc) is 2.11. The van der Waals surface area contributed by atoms with Gasteiger partial charge in [0.25, 0.3) is 0 Å². The Labute approximate surface area is 199 Å². The van der Waals surface area contributed by atoms with E-state index in [0.29, 0.717) is 0 Å². The molecule has 0 saturated heterocycles. The van der Waals surface area contributed by atoms with Gasteiger partial charge in [-0.15, -0.1) is 12.6 Å². The Balaban J connectivity index is -0.00000120. The van der Waals surface area contributed by atoms with Crippen LogP contribution in [0.4, 0.5) is 0 Å². The van der Waals surface area contributed by atoms with E-state index in [1.54, 1.807) is 0 Å². The minimum atomic E-state index is -5.33. The largest absolute Gasteiger partial charge is 1.00 e. The molecule has 22 heavy (non-hydrogen) atoms. The van der Waals surface area contributed by atoms with Crippen LogP contribution in [0.2, 0.25) is 0 Å².